The van der Waals surface area contributed by atoms with Crippen LogP contribution in [0, 0.1) is 5.41 Å². The summed E-state index contributed by atoms with van der Waals surface area (Å²) in [5, 5.41) is -0.407. The van der Waals surface area contributed by atoms with Gasteiger partial charge in [-0.2, -0.15) is 0 Å². The van der Waals surface area contributed by atoms with E-state index < -0.39 is 5.16 Å². The first-order valence-corrected chi connectivity index (χ1v) is 7.84. The summed E-state index contributed by atoms with van der Waals surface area (Å²) in [6.07, 6.45) is 7.62. The van der Waals surface area contributed by atoms with Gasteiger partial charge in [0.05, 0.1) is 5.16 Å². The lowest BCUT2D eigenvalue weighted by Crippen LogP contribution is -2.39. The number of rotatable bonds is 4. The number of esters is 1. The third-order valence-electron chi connectivity index (χ3n) is 3.71. The van der Waals surface area contributed by atoms with Crippen molar-refractivity contribution in [2.24, 2.45) is 5.41 Å². The van der Waals surface area contributed by atoms with Gasteiger partial charge in [-0.05, 0) is 43.9 Å². The summed E-state index contributed by atoms with van der Waals surface area (Å²) in [5.41, 5.74) is 0.142. The average molecular weight is 272 g/mol. The van der Waals surface area contributed by atoms with Crippen LogP contribution >= 0.6 is 9.24 Å². The van der Waals surface area contributed by atoms with Gasteiger partial charge < -0.3 is 4.74 Å². The Morgan fingerprint density at radius 2 is 1.78 bits per heavy atom. The Balaban J connectivity index is 2.60. The van der Waals surface area contributed by atoms with Crippen LogP contribution in [0.1, 0.15) is 72.6 Å². The molecule has 0 aromatic carbocycles. The summed E-state index contributed by atoms with van der Waals surface area (Å²) in [4.78, 5) is 12.4. The maximum absolute atomic E-state index is 12.4. The first-order chi connectivity index (χ1) is 8.27. The molecule has 2 atom stereocenters. The van der Waals surface area contributed by atoms with Crippen molar-refractivity contribution in [1.29, 1.82) is 0 Å². The second-order valence-electron chi connectivity index (χ2n) is 6.91. The van der Waals surface area contributed by atoms with Crippen molar-refractivity contribution < 1.29 is 9.53 Å². The highest BCUT2D eigenvalue weighted by atomic mass is 31.0. The predicted molar refractivity (Wildman–Crippen MR) is 79.8 cm³/mol. The topological polar surface area (TPSA) is 26.3 Å². The lowest BCUT2D eigenvalue weighted by atomic mass is 9.82. The zero-order valence-electron chi connectivity index (χ0n) is 12.4. The molecule has 2 nitrogen and oxygen atoms in total. The Morgan fingerprint density at radius 3 is 2.22 bits per heavy atom. The van der Waals surface area contributed by atoms with E-state index in [-0.39, 0.29) is 17.5 Å². The molecule has 0 heterocycles. The Morgan fingerprint density at radius 1 is 1.22 bits per heavy atom. The SMILES string of the molecule is CCC(P)(CC(C)(C)C)C(=O)OC1CCCCC1. The number of hydrogen-bond donors (Lipinski definition) is 0. The van der Waals surface area contributed by atoms with Gasteiger partial charge in [0.2, 0.25) is 0 Å². The van der Waals surface area contributed by atoms with E-state index in [4.69, 9.17) is 4.74 Å². The minimum atomic E-state index is -0.407. The van der Waals surface area contributed by atoms with E-state index >= 15 is 0 Å². The lowest BCUT2D eigenvalue weighted by Gasteiger charge is -2.34. The fraction of sp³-hybridized carbons (Fsp3) is 0.933. The summed E-state index contributed by atoms with van der Waals surface area (Å²) >= 11 is 0. The molecular formula is C15H29O2P. The van der Waals surface area contributed by atoms with E-state index in [1.165, 1.54) is 19.3 Å². The summed E-state index contributed by atoms with van der Waals surface area (Å²) in [7, 11) is 2.76. The van der Waals surface area contributed by atoms with Crippen molar-refractivity contribution in [3.63, 3.8) is 0 Å². The first-order valence-electron chi connectivity index (χ1n) is 7.27. The van der Waals surface area contributed by atoms with Gasteiger partial charge >= 0.3 is 5.97 Å². The zero-order valence-corrected chi connectivity index (χ0v) is 13.6. The number of carbonyl (C=O) groups is 1. The van der Waals surface area contributed by atoms with Crippen LogP contribution in [0.5, 0.6) is 0 Å². The Bertz CT molecular complexity index is 277. The van der Waals surface area contributed by atoms with Crippen molar-refractivity contribution >= 4 is 15.2 Å². The smallest absolute Gasteiger partial charge is 0.316 e. The molecule has 106 valence electrons. The molecule has 1 aliphatic rings. The predicted octanol–water partition coefficient (Wildman–Crippen LogP) is 4.32. The summed E-state index contributed by atoms with van der Waals surface area (Å²) in [6.45, 7) is 8.60. The second kappa shape index (κ2) is 6.37. The first kappa shape index (κ1) is 16.0. The van der Waals surface area contributed by atoms with Crippen LogP contribution in [0.15, 0.2) is 0 Å². The van der Waals surface area contributed by atoms with Crippen molar-refractivity contribution in [3.8, 4) is 0 Å². The van der Waals surface area contributed by atoms with E-state index in [0.717, 1.165) is 25.7 Å². The van der Waals surface area contributed by atoms with Gasteiger partial charge in [0.15, 0.2) is 0 Å². The largest absolute Gasteiger partial charge is 0.462 e. The molecule has 0 radical (unpaired) electrons. The van der Waals surface area contributed by atoms with Gasteiger partial charge in [-0.25, -0.2) is 0 Å². The van der Waals surface area contributed by atoms with Crippen molar-refractivity contribution in [2.45, 2.75) is 83.9 Å². The van der Waals surface area contributed by atoms with E-state index in [0.29, 0.717) is 0 Å². The molecule has 1 aliphatic carbocycles. The molecule has 2 unspecified atom stereocenters. The lowest BCUT2D eigenvalue weighted by molar-refractivity contribution is -0.154. The van der Waals surface area contributed by atoms with Gasteiger partial charge in [0.25, 0.3) is 0 Å². The van der Waals surface area contributed by atoms with Crippen LogP contribution in [-0.4, -0.2) is 17.2 Å². The highest BCUT2D eigenvalue weighted by Gasteiger charge is 2.38. The molecule has 18 heavy (non-hydrogen) atoms. The zero-order chi connectivity index (χ0) is 13.8. The summed E-state index contributed by atoms with van der Waals surface area (Å²) < 4.78 is 5.73. The number of carbonyl (C=O) groups excluding carboxylic acids is 1. The molecule has 0 aromatic rings. The van der Waals surface area contributed by atoms with Crippen molar-refractivity contribution in [3.05, 3.63) is 0 Å². The number of ether oxygens (including phenoxy) is 1. The molecule has 0 bridgehead atoms. The maximum Gasteiger partial charge on any atom is 0.316 e. The summed E-state index contributed by atoms with van der Waals surface area (Å²) in [5.74, 6) is -0.0168. The second-order valence-corrected chi connectivity index (χ2v) is 8.02. The fourth-order valence-electron chi connectivity index (χ4n) is 2.74. The van der Waals surface area contributed by atoms with Crippen LogP contribution in [0.2, 0.25) is 0 Å². The molecule has 0 aliphatic heterocycles. The standard InChI is InChI=1S/C15H29O2P/c1-5-15(18,11-14(2,3)4)13(16)17-12-9-7-6-8-10-12/h12H,5-11,18H2,1-4H3. The Labute approximate surface area is 114 Å². The summed E-state index contributed by atoms with van der Waals surface area (Å²) in [6, 6.07) is 0. The van der Waals surface area contributed by atoms with Crippen LogP contribution in [0.3, 0.4) is 0 Å². The van der Waals surface area contributed by atoms with Crippen LogP contribution in [0.4, 0.5) is 0 Å². The fourth-order valence-corrected chi connectivity index (χ4v) is 3.42. The molecule has 1 saturated carbocycles. The normalized spacial score (nSPS) is 21.4. The van der Waals surface area contributed by atoms with Gasteiger partial charge in [0, 0.05) is 0 Å². The quantitative estimate of drug-likeness (QED) is 0.562. The van der Waals surface area contributed by atoms with E-state index in [9.17, 15) is 4.79 Å². The molecule has 0 saturated heterocycles. The Hall–Kier alpha value is -0.100. The van der Waals surface area contributed by atoms with E-state index in [1.54, 1.807) is 0 Å². The molecule has 0 aromatic heterocycles. The molecule has 0 amide bonds. The highest BCUT2D eigenvalue weighted by Crippen LogP contribution is 2.38. The molecule has 3 heteroatoms. The van der Waals surface area contributed by atoms with E-state index in [2.05, 4.69) is 36.9 Å². The van der Waals surface area contributed by atoms with Gasteiger partial charge in [0.1, 0.15) is 6.10 Å². The molecule has 1 fully saturated rings. The van der Waals surface area contributed by atoms with Crippen molar-refractivity contribution in [2.75, 3.05) is 0 Å². The van der Waals surface area contributed by atoms with Crippen LogP contribution < -0.4 is 0 Å². The highest BCUT2D eigenvalue weighted by molar-refractivity contribution is 7.21. The maximum atomic E-state index is 12.4. The minimum absolute atomic E-state index is 0.0168. The molecule has 0 spiro atoms. The Kier molecular flexibility index (Phi) is 5.65. The van der Waals surface area contributed by atoms with Crippen molar-refractivity contribution in [1.82, 2.24) is 0 Å². The minimum Gasteiger partial charge on any atom is -0.462 e. The average Bonchev–Trinajstić information content (AvgIpc) is 2.28. The van der Waals surface area contributed by atoms with E-state index in [1.807, 2.05) is 0 Å². The van der Waals surface area contributed by atoms with Gasteiger partial charge in [-0.15, -0.1) is 9.24 Å². The van der Waals surface area contributed by atoms with Crippen LogP contribution in [0.25, 0.3) is 0 Å². The molecule has 0 N–H and O–H groups in total. The third-order valence-corrected chi connectivity index (χ3v) is 4.56. The number of hydrogen-bond acceptors (Lipinski definition) is 2. The third kappa shape index (κ3) is 4.88. The monoisotopic (exact) mass is 272 g/mol. The molecular weight excluding hydrogens is 243 g/mol. The van der Waals surface area contributed by atoms with Gasteiger partial charge in [-0.3, -0.25) is 4.79 Å². The van der Waals surface area contributed by atoms with Crippen LogP contribution in [-0.2, 0) is 9.53 Å². The molecule has 1 rings (SSSR count). The van der Waals surface area contributed by atoms with Gasteiger partial charge in [-0.1, -0.05) is 34.1 Å².